The number of anilines is 1. The first-order valence-corrected chi connectivity index (χ1v) is 6.84. The van der Waals surface area contributed by atoms with Gasteiger partial charge in [0.05, 0.1) is 11.6 Å². The lowest BCUT2D eigenvalue weighted by Crippen LogP contribution is -2.04. The minimum absolute atomic E-state index is 0.352. The van der Waals surface area contributed by atoms with Crippen LogP contribution in [0.15, 0.2) is 12.1 Å². The van der Waals surface area contributed by atoms with E-state index in [9.17, 15) is 0 Å². The standard InChI is InChI=1S/C11H14ClN3S/c1-16-5-3-2-4-14-11-7-9(8-13)6-10(12)15-11/h6-7H,2-5H2,1H3,(H,14,15). The first-order chi connectivity index (χ1) is 7.76. The van der Waals surface area contributed by atoms with Crippen LogP contribution in [0.1, 0.15) is 18.4 Å². The van der Waals surface area contributed by atoms with Crippen LogP contribution in [0.3, 0.4) is 0 Å². The number of nitriles is 1. The molecule has 5 heteroatoms. The molecule has 0 aromatic carbocycles. The zero-order valence-corrected chi connectivity index (χ0v) is 10.7. The van der Waals surface area contributed by atoms with Crippen LogP contribution in [0, 0.1) is 11.3 Å². The molecule has 0 aliphatic carbocycles. The van der Waals surface area contributed by atoms with Gasteiger partial charge in [-0.25, -0.2) is 4.98 Å². The molecule has 0 amide bonds. The Balaban J connectivity index is 2.42. The van der Waals surface area contributed by atoms with Gasteiger partial charge in [-0.15, -0.1) is 0 Å². The van der Waals surface area contributed by atoms with Gasteiger partial charge < -0.3 is 5.32 Å². The number of unbranched alkanes of at least 4 members (excludes halogenated alkanes) is 1. The molecule has 0 spiro atoms. The third-order valence-electron chi connectivity index (χ3n) is 2.00. The van der Waals surface area contributed by atoms with Crippen molar-refractivity contribution in [3.63, 3.8) is 0 Å². The molecule has 1 N–H and O–H groups in total. The van der Waals surface area contributed by atoms with Gasteiger partial charge in [0.25, 0.3) is 0 Å². The zero-order chi connectivity index (χ0) is 11.8. The van der Waals surface area contributed by atoms with E-state index in [0.717, 1.165) is 13.0 Å². The fourth-order valence-electron chi connectivity index (χ4n) is 1.24. The Morgan fingerprint density at radius 3 is 3.00 bits per heavy atom. The summed E-state index contributed by atoms with van der Waals surface area (Å²) < 4.78 is 0. The minimum Gasteiger partial charge on any atom is -0.370 e. The van der Waals surface area contributed by atoms with Crippen molar-refractivity contribution in [1.29, 1.82) is 5.26 Å². The third-order valence-corrected chi connectivity index (χ3v) is 2.90. The highest BCUT2D eigenvalue weighted by molar-refractivity contribution is 7.98. The number of aromatic nitrogens is 1. The molecule has 16 heavy (non-hydrogen) atoms. The molecule has 0 radical (unpaired) electrons. The molecule has 0 saturated carbocycles. The van der Waals surface area contributed by atoms with Crippen molar-refractivity contribution in [3.05, 3.63) is 22.8 Å². The summed E-state index contributed by atoms with van der Waals surface area (Å²) in [6, 6.07) is 5.32. The lowest BCUT2D eigenvalue weighted by molar-refractivity contribution is 0.840. The number of nitrogens with one attached hydrogen (secondary N) is 1. The lowest BCUT2D eigenvalue weighted by atomic mass is 10.3. The van der Waals surface area contributed by atoms with E-state index in [2.05, 4.69) is 22.6 Å². The maximum absolute atomic E-state index is 8.76. The molecule has 1 rings (SSSR count). The van der Waals surface area contributed by atoms with Crippen molar-refractivity contribution in [1.82, 2.24) is 4.98 Å². The number of hydrogen-bond acceptors (Lipinski definition) is 4. The molecular weight excluding hydrogens is 242 g/mol. The molecule has 1 aromatic heterocycles. The first-order valence-electron chi connectivity index (χ1n) is 5.06. The fourth-order valence-corrected chi connectivity index (χ4v) is 1.94. The van der Waals surface area contributed by atoms with Crippen LogP contribution in [0.25, 0.3) is 0 Å². The van der Waals surface area contributed by atoms with Gasteiger partial charge in [-0.1, -0.05) is 11.6 Å². The lowest BCUT2D eigenvalue weighted by Gasteiger charge is -2.05. The second-order valence-corrected chi connectivity index (χ2v) is 4.68. The molecule has 86 valence electrons. The highest BCUT2D eigenvalue weighted by Gasteiger charge is 1.99. The average molecular weight is 256 g/mol. The number of rotatable bonds is 6. The Morgan fingerprint density at radius 2 is 2.31 bits per heavy atom. The first kappa shape index (κ1) is 13.1. The molecule has 0 fully saturated rings. The quantitative estimate of drug-likeness (QED) is 0.627. The Labute approximate surface area is 105 Å². The van der Waals surface area contributed by atoms with Crippen molar-refractivity contribution in [2.75, 3.05) is 23.9 Å². The van der Waals surface area contributed by atoms with E-state index in [1.54, 1.807) is 12.1 Å². The van der Waals surface area contributed by atoms with Crippen LogP contribution in [-0.4, -0.2) is 23.5 Å². The van der Waals surface area contributed by atoms with Gasteiger partial charge in [0.1, 0.15) is 11.0 Å². The summed E-state index contributed by atoms with van der Waals surface area (Å²) in [4.78, 5) is 4.10. The molecule has 1 heterocycles. The van der Waals surface area contributed by atoms with Crippen molar-refractivity contribution in [2.45, 2.75) is 12.8 Å². The second-order valence-electron chi connectivity index (χ2n) is 3.30. The number of thioether (sulfide) groups is 1. The summed E-state index contributed by atoms with van der Waals surface area (Å²) in [6.45, 7) is 0.860. The van der Waals surface area contributed by atoms with Gasteiger partial charge in [-0.2, -0.15) is 17.0 Å². The van der Waals surface area contributed by atoms with Crippen LogP contribution >= 0.6 is 23.4 Å². The smallest absolute Gasteiger partial charge is 0.132 e. The number of nitrogens with zero attached hydrogens (tertiary/aromatic N) is 2. The summed E-state index contributed by atoms with van der Waals surface area (Å²) in [5, 5.41) is 12.3. The van der Waals surface area contributed by atoms with E-state index in [1.807, 2.05) is 11.8 Å². The second kappa shape index (κ2) is 7.37. The summed E-state index contributed by atoms with van der Waals surface area (Å²) in [5.74, 6) is 1.85. The number of pyridine rings is 1. The van der Waals surface area contributed by atoms with Crippen molar-refractivity contribution in [3.8, 4) is 6.07 Å². The molecule has 0 unspecified atom stereocenters. The molecular formula is C11H14ClN3S. The maximum atomic E-state index is 8.76. The SMILES string of the molecule is CSCCCCNc1cc(C#N)cc(Cl)n1. The van der Waals surface area contributed by atoms with E-state index < -0.39 is 0 Å². The molecule has 0 aliphatic heterocycles. The van der Waals surface area contributed by atoms with Crippen LogP contribution in [-0.2, 0) is 0 Å². The highest BCUT2D eigenvalue weighted by atomic mass is 35.5. The van der Waals surface area contributed by atoms with Gasteiger partial charge in [0.2, 0.25) is 0 Å². The maximum Gasteiger partial charge on any atom is 0.132 e. The molecule has 0 bridgehead atoms. The van der Waals surface area contributed by atoms with Crippen LogP contribution in [0.4, 0.5) is 5.82 Å². The highest BCUT2D eigenvalue weighted by Crippen LogP contribution is 2.13. The van der Waals surface area contributed by atoms with Crippen LogP contribution in [0.5, 0.6) is 0 Å². The number of halogens is 1. The monoisotopic (exact) mass is 255 g/mol. The zero-order valence-electron chi connectivity index (χ0n) is 9.16. The summed E-state index contributed by atoms with van der Waals surface area (Å²) >= 11 is 7.63. The van der Waals surface area contributed by atoms with E-state index in [0.29, 0.717) is 16.5 Å². The van der Waals surface area contributed by atoms with Crippen LogP contribution in [0.2, 0.25) is 5.15 Å². The normalized spacial score (nSPS) is 9.81. The van der Waals surface area contributed by atoms with E-state index in [4.69, 9.17) is 16.9 Å². The molecule has 0 saturated heterocycles. The van der Waals surface area contributed by atoms with Crippen molar-refractivity contribution < 1.29 is 0 Å². The van der Waals surface area contributed by atoms with Gasteiger partial charge >= 0.3 is 0 Å². The Morgan fingerprint density at radius 1 is 1.50 bits per heavy atom. The molecule has 0 aliphatic rings. The Bertz CT molecular complexity index is 376. The van der Waals surface area contributed by atoms with Crippen LogP contribution < -0.4 is 5.32 Å². The largest absolute Gasteiger partial charge is 0.370 e. The predicted octanol–water partition coefficient (Wildman–Crippen LogP) is 3.16. The molecule has 0 atom stereocenters. The van der Waals surface area contributed by atoms with Gasteiger partial charge in [0, 0.05) is 6.54 Å². The summed E-state index contributed by atoms with van der Waals surface area (Å²) in [6.07, 6.45) is 4.38. The Kier molecular flexibility index (Phi) is 6.05. The van der Waals surface area contributed by atoms with Crippen molar-refractivity contribution >= 4 is 29.2 Å². The Hall–Kier alpha value is -0.920. The summed E-state index contributed by atoms with van der Waals surface area (Å²) in [5.41, 5.74) is 0.534. The van der Waals surface area contributed by atoms with Gasteiger partial charge in [-0.05, 0) is 37.0 Å². The van der Waals surface area contributed by atoms with E-state index in [1.165, 1.54) is 12.2 Å². The fraction of sp³-hybridized carbons (Fsp3) is 0.455. The predicted molar refractivity (Wildman–Crippen MR) is 70.1 cm³/mol. The van der Waals surface area contributed by atoms with E-state index in [-0.39, 0.29) is 0 Å². The van der Waals surface area contributed by atoms with Gasteiger partial charge in [0.15, 0.2) is 0 Å². The minimum atomic E-state index is 0.352. The average Bonchev–Trinajstić information content (AvgIpc) is 2.28. The summed E-state index contributed by atoms with van der Waals surface area (Å²) in [7, 11) is 0. The third kappa shape index (κ3) is 4.73. The topological polar surface area (TPSA) is 48.7 Å². The van der Waals surface area contributed by atoms with Crippen molar-refractivity contribution in [2.24, 2.45) is 0 Å². The molecule has 3 nitrogen and oxygen atoms in total. The van der Waals surface area contributed by atoms with Gasteiger partial charge in [-0.3, -0.25) is 0 Å². The number of hydrogen-bond donors (Lipinski definition) is 1. The van der Waals surface area contributed by atoms with E-state index >= 15 is 0 Å². The molecule has 1 aromatic rings.